The van der Waals surface area contributed by atoms with Gasteiger partial charge in [0.25, 0.3) is 5.91 Å². The molecule has 0 aromatic carbocycles. The van der Waals surface area contributed by atoms with Crippen molar-refractivity contribution in [1.82, 2.24) is 9.88 Å². The smallest absolute Gasteiger partial charge is 0.272 e. The summed E-state index contributed by atoms with van der Waals surface area (Å²) >= 11 is 0. The number of amides is 1. The molecule has 1 amide bonds. The van der Waals surface area contributed by atoms with Gasteiger partial charge >= 0.3 is 0 Å². The fourth-order valence-electron chi connectivity index (χ4n) is 1.19. The second-order valence-corrected chi connectivity index (χ2v) is 4.39. The Hall–Kier alpha value is -1.66. The number of aromatic nitrogens is 1. The van der Waals surface area contributed by atoms with Crippen molar-refractivity contribution in [3.63, 3.8) is 0 Å². The molecule has 94 valence electrons. The van der Waals surface area contributed by atoms with Gasteiger partial charge in [-0.25, -0.2) is 10.8 Å². The Kier molecular flexibility index (Phi) is 4.03. The zero-order chi connectivity index (χ0) is 13.1. The van der Waals surface area contributed by atoms with E-state index in [0.29, 0.717) is 5.82 Å². The Labute approximate surface area is 100 Å². The van der Waals surface area contributed by atoms with Crippen LogP contribution in [0.5, 0.6) is 0 Å². The van der Waals surface area contributed by atoms with Crippen LogP contribution in [0.15, 0.2) is 18.2 Å². The van der Waals surface area contributed by atoms with Gasteiger partial charge in [0.2, 0.25) is 0 Å². The molecule has 0 aliphatic heterocycles. The average molecular weight is 238 g/mol. The number of hydrogen-bond donors (Lipinski definition) is 3. The molecule has 0 bridgehead atoms. The van der Waals surface area contributed by atoms with Gasteiger partial charge in [-0.1, -0.05) is 6.07 Å². The first-order valence-corrected chi connectivity index (χ1v) is 5.25. The fourth-order valence-corrected chi connectivity index (χ4v) is 1.19. The highest BCUT2D eigenvalue weighted by Crippen LogP contribution is 2.15. The number of pyridine rings is 1. The van der Waals surface area contributed by atoms with E-state index in [4.69, 9.17) is 5.84 Å². The van der Waals surface area contributed by atoms with Crippen molar-refractivity contribution in [3.8, 4) is 0 Å². The van der Waals surface area contributed by atoms with E-state index in [-0.39, 0.29) is 18.2 Å². The maximum atomic E-state index is 12.1. The summed E-state index contributed by atoms with van der Waals surface area (Å²) in [6.07, 6.45) is 0. The topological polar surface area (TPSA) is 91.5 Å². The van der Waals surface area contributed by atoms with Crippen molar-refractivity contribution >= 4 is 11.7 Å². The minimum Gasteiger partial charge on any atom is -0.394 e. The summed E-state index contributed by atoms with van der Waals surface area (Å²) in [5.41, 5.74) is 2.03. The van der Waals surface area contributed by atoms with Crippen LogP contribution in [0, 0.1) is 0 Å². The van der Waals surface area contributed by atoms with E-state index in [9.17, 15) is 9.90 Å². The Morgan fingerprint density at radius 3 is 2.76 bits per heavy atom. The maximum Gasteiger partial charge on any atom is 0.272 e. The molecule has 6 nitrogen and oxygen atoms in total. The number of nitrogens with one attached hydrogen (secondary N) is 1. The SMILES string of the molecule is CN(C(=O)c1cccc(NN)n1)C(C)(C)CO. The molecule has 1 aromatic rings. The number of carbonyl (C=O) groups excluding carboxylic acids is 1. The zero-order valence-electron chi connectivity index (χ0n) is 10.3. The average Bonchev–Trinajstić information content (AvgIpc) is 2.37. The minimum atomic E-state index is -0.634. The molecule has 4 N–H and O–H groups in total. The number of hydrogen-bond acceptors (Lipinski definition) is 5. The highest BCUT2D eigenvalue weighted by Gasteiger charge is 2.28. The predicted octanol–water partition coefficient (Wildman–Crippen LogP) is 0.210. The van der Waals surface area contributed by atoms with Crippen LogP contribution < -0.4 is 11.3 Å². The number of nitrogen functional groups attached to an aromatic ring is 1. The molecule has 1 aromatic heterocycles. The third-order valence-electron chi connectivity index (χ3n) is 2.72. The Bertz CT molecular complexity index is 406. The molecule has 6 heteroatoms. The van der Waals surface area contributed by atoms with Crippen molar-refractivity contribution in [1.29, 1.82) is 0 Å². The largest absolute Gasteiger partial charge is 0.394 e. The number of rotatable bonds is 4. The van der Waals surface area contributed by atoms with Gasteiger partial charge in [-0.05, 0) is 26.0 Å². The zero-order valence-corrected chi connectivity index (χ0v) is 10.3. The van der Waals surface area contributed by atoms with Crippen LogP contribution in [0.2, 0.25) is 0 Å². The molecule has 0 spiro atoms. The highest BCUT2D eigenvalue weighted by atomic mass is 16.3. The third-order valence-corrected chi connectivity index (χ3v) is 2.72. The van der Waals surface area contributed by atoms with Crippen LogP contribution in [0.25, 0.3) is 0 Å². The lowest BCUT2D eigenvalue weighted by Gasteiger charge is -2.33. The normalized spacial score (nSPS) is 11.1. The second-order valence-electron chi connectivity index (χ2n) is 4.39. The Balaban J connectivity index is 2.96. The molecule has 0 unspecified atom stereocenters. The molecule has 1 heterocycles. The van der Waals surface area contributed by atoms with E-state index in [2.05, 4.69) is 10.4 Å². The van der Waals surface area contributed by atoms with Crippen LogP contribution >= 0.6 is 0 Å². The van der Waals surface area contributed by atoms with Gasteiger partial charge in [0.15, 0.2) is 0 Å². The molecule has 0 atom stereocenters. The highest BCUT2D eigenvalue weighted by molar-refractivity contribution is 5.93. The second kappa shape index (κ2) is 5.11. The number of aliphatic hydroxyl groups excluding tert-OH is 1. The summed E-state index contributed by atoms with van der Waals surface area (Å²) in [4.78, 5) is 17.6. The Morgan fingerprint density at radius 2 is 2.24 bits per heavy atom. The van der Waals surface area contributed by atoms with E-state index in [1.807, 2.05) is 0 Å². The molecule has 1 rings (SSSR count). The number of aliphatic hydroxyl groups is 1. The molecular formula is C11H18N4O2. The van der Waals surface area contributed by atoms with Gasteiger partial charge in [0.1, 0.15) is 11.5 Å². The number of hydrazine groups is 1. The van der Waals surface area contributed by atoms with Crippen molar-refractivity contribution in [2.24, 2.45) is 5.84 Å². The summed E-state index contributed by atoms with van der Waals surface area (Å²) in [6.45, 7) is 3.43. The van der Waals surface area contributed by atoms with Crippen molar-refractivity contribution in [2.75, 3.05) is 19.1 Å². The monoisotopic (exact) mass is 238 g/mol. The first-order valence-electron chi connectivity index (χ1n) is 5.25. The first kappa shape index (κ1) is 13.4. The fraction of sp³-hybridized carbons (Fsp3) is 0.455. The minimum absolute atomic E-state index is 0.121. The van der Waals surface area contributed by atoms with Crippen LogP contribution in [0.1, 0.15) is 24.3 Å². The molecule has 0 fully saturated rings. The molecule has 0 aliphatic rings. The van der Waals surface area contributed by atoms with Crippen LogP contribution in [0.3, 0.4) is 0 Å². The van der Waals surface area contributed by atoms with Crippen molar-refractivity contribution in [3.05, 3.63) is 23.9 Å². The quantitative estimate of drug-likeness (QED) is 0.515. The first-order chi connectivity index (χ1) is 7.92. The summed E-state index contributed by atoms with van der Waals surface area (Å²) in [5, 5.41) is 9.21. The van der Waals surface area contributed by atoms with E-state index in [1.165, 1.54) is 4.90 Å². The molecule has 0 saturated carbocycles. The lowest BCUT2D eigenvalue weighted by atomic mass is 10.0. The number of anilines is 1. The summed E-state index contributed by atoms with van der Waals surface area (Å²) in [6, 6.07) is 4.95. The number of nitrogens with two attached hydrogens (primary N) is 1. The van der Waals surface area contributed by atoms with Crippen molar-refractivity contribution in [2.45, 2.75) is 19.4 Å². The van der Waals surface area contributed by atoms with Gasteiger partial charge in [-0.2, -0.15) is 0 Å². The van der Waals surface area contributed by atoms with Gasteiger partial charge < -0.3 is 15.4 Å². The van der Waals surface area contributed by atoms with Crippen LogP contribution in [0.4, 0.5) is 5.82 Å². The van der Waals surface area contributed by atoms with E-state index in [0.717, 1.165) is 0 Å². The van der Waals surface area contributed by atoms with Gasteiger partial charge in [0.05, 0.1) is 12.1 Å². The maximum absolute atomic E-state index is 12.1. The van der Waals surface area contributed by atoms with Crippen LogP contribution in [-0.4, -0.2) is 40.1 Å². The van der Waals surface area contributed by atoms with Gasteiger partial charge in [0, 0.05) is 7.05 Å². The van der Waals surface area contributed by atoms with Gasteiger partial charge in [-0.15, -0.1) is 0 Å². The predicted molar refractivity (Wildman–Crippen MR) is 65.3 cm³/mol. The summed E-state index contributed by atoms with van der Waals surface area (Å²) in [7, 11) is 1.63. The molecule has 0 saturated heterocycles. The van der Waals surface area contributed by atoms with E-state index < -0.39 is 5.54 Å². The molecule has 0 aliphatic carbocycles. The molecule has 17 heavy (non-hydrogen) atoms. The van der Waals surface area contributed by atoms with Crippen LogP contribution in [-0.2, 0) is 0 Å². The molecular weight excluding hydrogens is 220 g/mol. The third kappa shape index (κ3) is 2.92. The van der Waals surface area contributed by atoms with Gasteiger partial charge in [-0.3, -0.25) is 4.79 Å². The number of likely N-dealkylation sites (N-methyl/N-ethyl adjacent to an activating group) is 1. The lowest BCUT2D eigenvalue weighted by molar-refractivity contribution is 0.0468. The Morgan fingerprint density at radius 1 is 1.59 bits per heavy atom. The summed E-state index contributed by atoms with van der Waals surface area (Å²) in [5.74, 6) is 5.39. The number of nitrogens with zero attached hydrogens (tertiary/aromatic N) is 2. The lowest BCUT2D eigenvalue weighted by Crippen LogP contribution is -2.47. The van der Waals surface area contributed by atoms with E-state index in [1.54, 1.807) is 39.1 Å². The standard InChI is InChI=1S/C11H18N4O2/c1-11(2,7-16)15(3)10(17)8-5-4-6-9(13-8)14-12/h4-6,16H,7,12H2,1-3H3,(H,13,14). The van der Waals surface area contributed by atoms with E-state index >= 15 is 0 Å². The van der Waals surface area contributed by atoms with Crippen molar-refractivity contribution < 1.29 is 9.90 Å². The number of carbonyl (C=O) groups is 1. The molecule has 0 radical (unpaired) electrons. The summed E-state index contributed by atoms with van der Waals surface area (Å²) < 4.78 is 0.